The second-order valence-electron chi connectivity index (χ2n) is 6.88. The molecular weight excluding hydrogens is 246 g/mol. The maximum Gasteiger partial charge on any atom is 0.123 e. The van der Waals surface area contributed by atoms with Gasteiger partial charge in [0.25, 0.3) is 0 Å². The molecule has 110 valence electrons. The molecule has 1 saturated carbocycles. The molecule has 1 aromatic rings. The highest BCUT2D eigenvalue weighted by molar-refractivity contribution is 5.96. The highest BCUT2D eigenvalue weighted by Gasteiger charge is 2.28. The quantitative estimate of drug-likeness (QED) is 0.653. The minimum atomic E-state index is 0.166. The second kappa shape index (κ2) is 5.96. The lowest BCUT2D eigenvalue weighted by molar-refractivity contribution is 0.123. The predicted octanol–water partition coefficient (Wildman–Crippen LogP) is 3.37. The third-order valence-corrected chi connectivity index (χ3v) is 4.66. The fourth-order valence-electron chi connectivity index (χ4n) is 3.14. The van der Waals surface area contributed by atoms with Gasteiger partial charge in [-0.25, -0.2) is 0 Å². The van der Waals surface area contributed by atoms with Gasteiger partial charge in [0, 0.05) is 18.2 Å². The van der Waals surface area contributed by atoms with Crippen molar-refractivity contribution in [1.29, 1.82) is 5.41 Å². The van der Waals surface area contributed by atoms with Gasteiger partial charge in [0.2, 0.25) is 0 Å². The van der Waals surface area contributed by atoms with E-state index in [0.717, 1.165) is 17.7 Å². The number of nitrogens with zero attached hydrogens (tertiary/aromatic N) is 1. The first-order valence-corrected chi connectivity index (χ1v) is 7.51. The molecule has 0 atom stereocenters. The van der Waals surface area contributed by atoms with Gasteiger partial charge in [0.15, 0.2) is 0 Å². The molecule has 0 radical (unpaired) electrons. The van der Waals surface area contributed by atoms with Gasteiger partial charge in [-0.3, -0.25) is 10.3 Å². The van der Waals surface area contributed by atoms with E-state index in [4.69, 9.17) is 11.1 Å². The first-order valence-electron chi connectivity index (χ1n) is 7.51. The van der Waals surface area contributed by atoms with Gasteiger partial charge < -0.3 is 5.73 Å². The minimum absolute atomic E-state index is 0.166. The van der Waals surface area contributed by atoms with Crippen LogP contribution in [0.3, 0.4) is 0 Å². The Hall–Kier alpha value is -1.35. The number of hydrogen-bond acceptors (Lipinski definition) is 2. The number of rotatable bonds is 4. The summed E-state index contributed by atoms with van der Waals surface area (Å²) in [7, 11) is 2.19. The van der Waals surface area contributed by atoms with Gasteiger partial charge in [-0.2, -0.15) is 0 Å². The lowest BCUT2D eigenvalue weighted by Gasteiger charge is -2.38. The number of benzene rings is 1. The van der Waals surface area contributed by atoms with E-state index in [2.05, 4.69) is 31.9 Å². The van der Waals surface area contributed by atoms with Crippen molar-refractivity contribution in [3.63, 3.8) is 0 Å². The molecule has 0 saturated heterocycles. The van der Waals surface area contributed by atoms with Crippen LogP contribution >= 0.6 is 0 Å². The summed E-state index contributed by atoms with van der Waals surface area (Å²) in [6, 6.07) is 8.65. The molecule has 0 aromatic heterocycles. The fourth-order valence-corrected chi connectivity index (χ4v) is 3.14. The van der Waals surface area contributed by atoms with Crippen LogP contribution < -0.4 is 5.73 Å². The molecule has 20 heavy (non-hydrogen) atoms. The largest absolute Gasteiger partial charge is 0.384 e. The lowest BCUT2D eigenvalue weighted by Crippen LogP contribution is -2.37. The van der Waals surface area contributed by atoms with Crippen molar-refractivity contribution < 1.29 is 0 Å². The molecule has 3 N–H and O–H groups in total. The SMILES string of the molecule is CN(Cc1ccccc1C(=N)N)C1CCC(C)(C)CC1. The van der Waals surface area contributed by atoms with Gasteiger partial charge in [-0.1, -0.05) is 38.1 Å². The van der Waals surface area contributed by atoms with Gasteiger partial charge in [-0.05, 0) is 43.7 Å². The summed E-state index contributed by atoms with van der Waals surface area (Å²) in [6.07, 6.45) is 5.14. The third-order valence-electron chi connectivity index (χ3n) is 4.66. The standard InChI is InChI=1S/C17H27N3/c1-17(2)10-8-14(9-11-17)20(3)12-13-6-4-5-7-15(13)16(18)19/h4-7,14H,8-12H2,1-3H3,(H3,18,19). The van der Waals surface area contributed by atoms with Gasteiger partial charge in [-0.15, -0.1) is 0 Å². The van der Waals surface area contributed by atoms with Gasteiger partial charge >= 0.3 is 0 Å². The number of amidine groups is 1. The molecule has 3 nitrogen and oxygen atoms in total. The van der Waals surface area contributed by atoms with Crippen molar-refractivity contribution in [3.8, 4) is 0 Å². The van der Waals surface area contributed by atoms with Crippen LogP contribution in [-0.4, -0.2) is 23.8 Å². The Morgan fingerprint density at radius 2 is 1.90 bits per heavy atom. The first-order chi connectivity index (χ1) is 9.39. The Kier molecular flexibility index (Phi) is 4.48. The highest BCUT2D eigenvalue weighted by Crippen LogP contribution is 2.36. The van der Waals surface area contributed by atoms with Crippen LogP contribution in [0.5, 0.6) is 0 Å². The number of nitrogens with two attached hydrogens (primary N) is 1. The van der Waals surface area contributed by atoms with Gasteiger partial charge in [0.1, 0.15) is 5.84 Å². The van der Waals surface area contributed by atoms with Crippen LogP contribution in [0, 0.1) is 10.8 Å². The monoisotopic (exact) mass is 273 g/mol. The van der Waals surface area contributed by atoms with E-state index in [1.807, 2.05) is 18.2 Å². The number of nitrogen functional groups attached to an aromatic ring is 1. The van der Waals surface area contributed by atoms with Gasteiger partial charge in [0.05, 0.1) is 0 Å². The first kappa shape index (κ1) is 15.0. The van der Waals surface area contributed by atoms with E-state index in [9.17, 15) is 0 Å². The minimum Gasteiger partial charge on any atom is -0.384 e. The number of hydrogen-bond donors (Lipinski definition) is 2. The summed E-state index contributed by atoms with van der Waals surface area (Å²) in [6.45, 7) is 5.61. The smallest absolute Gasteiger partial charge is 0.123 e. The molecule has 0 unspecified atom stereocenters. The van der Waals surface area contributed by atoms with Crippen LogP contribution in [0.25, 0.3) is 0 Å². The summed E-state index contributed by atoms with van der Waals surface area (Å²) < 4.78 is 0. The zero-order valence-electron chi connectivity index (χ0n) is 12.9. The Morgan fingerprint density at radius 3 is 2.50 bits per heavy atom. The van der Waals surface area contributed by atoms with E-state index >= 15 is 0 Å². The van der Waals surface area contributed by atoms with E-state index in [-0.39, 0.29) is 5.84 Å². The molecule has 1 aliphatic rings. The van der Waals surface area contributed by atoms with Crippen molar-refractivity contribution in [2.75, 3.05) is 7.05 Å². The maximum absolute atomic E-state index is 7.68. The average Bonchev–Trinajstić information content (AvgIpc) is 2.38. The molecule has 0 aliphatic heterocycles. The normalized spacial score (nSPS) is 19.2. The molecule has 3 heteroatoms. The molecular formula is C17H27N3. The van der Waals surface area contributed by atoms with Crippen LogP contribution in [0.1, 0.15) is 50.7 Å². The summed E-state index contributed by atoms with van der Waals surface area (Å²) in [4.78, 5) is 2.43. The summed E-state index contributed by atoms with van der Waals surface area (Å²) in [5, 5.41) is 7.68. The molecule has 1 aliphatic carbocycles. The van der Waals surface area contributed by atoms with Crippen molar-refractivity contribution in [3.05, 3.63) is 35.4 Å². The van der Waals surface area contributed by atoms with E-state index in [0.29, 0.717) is 11.5 Å². The second-order valence-corrected chi connectivity index (χ2v) is 6.88. The summed E-state index contributed by atoms with van der Waals surface area (Å²) in [5.74, 6) is 0.166. The van der Waals surface area contributed by atoms with Crippen LogP contribution in [0.15, 0.2) is 24.3 Å². The van der Waals surface area contributed by atoms with E-state index < -0.39 is 0 Å². The summed E-state index contributed by atoms with van der Waals surface area (Å²) >= 11 is 0. The molecule has 0 amide bonds. The van der Waals surface area contributed by atoms with Crippen molar-refractivity contribution in [2.24, 2.45) is 11.1 Å². The molecule has 0 spiro atoms. The van der Waals surface area contributed by atoms with Crippen LogP contribution in [0.2, 0.25) is 0 Å². The van der Waals surface area contributed by atoms with Crippen LogP contribution in [-0.2, 0) is 6.54 Å². The Morgan fingerprint density at radius 1 is 1.30 bits per heavy atom. The molecule has 1 aromatic carbocycles. The fraction of sp³-hybridized carbons (Fsp3) is 0.588. The van der Waals surface area contributed by atoms with E-state index in [1.165, 1.54) is 25.7 Å². The third kappa shape index (κ3) is 3.60. The topological polar surface area (TPSA) is 53.1 Å². The van der Waals surface area contributed by atoms with E-state index in [1.54, 1.807) is 0 Å². The zero-order chi connectivity index (χ0) is 14.8. The Labute approximate surface area is 122 Å². The molecule has 1 fully saturated rings. The lowest BCUT2D eigenvalue weighted by atomic mass is 9.75. The zero-order valence-corrected chi connectivity index (χ0v) is 12.9. The molecule has 0 bridgehead atoms. The summed E-state index contributed by atoms with van der Waals surface area (Å²) in [5.41, 5.74) is 8.21. The Balaban J connectivity index is 2.02. The maximum atomic E-state index is 7.68. The molecule has 0 heterocycles. The average molecular weight is 273 g/mol. The molecule has 2 rings (SSSR count). The van der Waals surface area contributed by atoms with Crippen molar-refractivity contribution in [1.82, 2.24) is 4.90 Å². The Bertz CT molecular complexity index is 469. The number of nitrogens with one attached hydrogen (secondary N) is 1. The van der Waals surface area contributed by atoms with Crippen LogP contribution in [0.4, 0.5) is 0 Å². The van der Waals surface area contributed by atoms with Crippen molar-refractivity contribution in [2.45, 2.75) is 52.1 Å². The predicted molar refractivity (Wildman–Crippen MR) is 85.0 cm³/mol. The highest BCUT2D eigenvalue weighted by atomic mass is 15.1. The van der Waals surface area contributed by atoms with Crippen molar-refractivity contribution >= 4 is 5.84 Å².